The summed E-state index contributed by atoms with van der Waals surface area (Å²) in [4.78, 5) is 14.4. The van der Waals surface area contributed by atoms with Crippen LogP contribution in [0.4, 0.5) is 4.79 Å². The smallest absolute Gasteiger partial charge is 0.497 e. The number of carboxylic acid groups (broad SMARTS) is 1. The lowest BCUT2D eigenvalue weighted by molar-refractivity contribution is 0.143. The fraction of sp³-hybridized carbons (Fsp3) is 0.167. The molecule has 0 saturated carbocycles. The molecular weight excluding hydrogens is 238 g/mol. The summed E-state index contributed by atoms with van der Waals surface area (Å²) in [5, 5.41) is 8.61. The highest BCUT2D eigenvalue weighted by molar-refractivity contribution is 5.68. The molecule has 0 aliphatic heterocycles. The summed E-state index contributed by atoms with van der Waals surface area (Å²) in [6.07, 6.45) is -1.43. The molecule has 18 heavy (non-hydrogen) atoms. The predicted octanol–water partition coefficient (Wildman–Crippen LogP) is 2.72. The zero-order chi connectivity index (χ0) is 13.1. The molecule has 0 amide bonds. The van der Waals surface area contributed by atoms with Crippen LogP contribution in [0.2, 0.25) is 0 Å². The van der Waals surface area contributed by atoms with Crippen molar-refractivity contribution in [2.75, 3.05) is 7.11 Å². The molecule has 0 radical (unpaired) electrons. The van der Waals surface area contributed by atoms with E-state index in [4.69, 9.17) is 14.3 Å². The van der Waals surface area contributed by atoms with Crippen LogP contribution in [-0.4, -0.2) is 23.4 Å². The van der Waals surface area contributed by atoms with Crippen molar-refractivity contribution in [3.63, 3.8) is 0 Å². The number of hydrogen-bond acceptors (Lipinski definition) is 5. The van der Waals surface area contributed by atoms with Gasteiger partial charge in [0.1, 0.15) is 5.75 Å². The average molecular weight is 249 g/mol. The maximum Gasteiger partial charge on any atom is 0.512 e. The Bertz CT molecular complexity index is 558. The molecule has 0 fully saturated rings. The highest BCUT2D eigenvalue weighted by atomic mass is 16.7. The second-order valence-corrected chi connectivity index (χ2v) is 3.46. The van der Waals surface area contributed by atoms with Crippen LogP contribution in [0.5, 0.6) is 11.6 Å². The van der Waals surface area contributed by atoms with Gasteiger partial charge in [-0.05, 0) is 24.3 Å². The van der Waals surface area contributed by atoms with Gasteiger partial charge in [0.25, 0.3) is 5.88 Å². The first-order valence-corrected chi connectivity index (χ1v) is 5.13. The van der Waals surface area contributed by atoms with Crippen LogP contribution in [-0.2, 0) is 0 Å². The summed E-state index contributed by atoms with van der Waals surface area (Å²) in [5.41, 5.74) is 0.660. The number of hydrogen-bond donors (Lipinski definition) is 1. The van der Waals surface area contributed by atoms with Gasteiger partial charge in [-0.3, -0.25) is 0 Å². The molecule has 0 unspecified atom stereocenters. The highest BCUT2D eigenvalue weighted by Crippen LogP contribution is 2.31. The zero-order valence-electron chi connectivity index (χ0n) is 9.84. The van der Waals surface area contributed by atoms with Crippen molar-refractivity contribution < 1.29 is 23.8 Å². The van der Waals surface area contributed by atoms with E-state index in [2.05, 4.69) is 9.72 Å². The number of methoxy groups -OCH3 is 1. The number of aromatic nitrogens is 1. The van der Waals surface area contributed by atoms with Crippen molar-refractivity contribution in [2.45, 2.75) is 6.92 Å². The second-order valence-electron chi connectivity index (χ2n) is 3.46. The molecule has 1 N–H and O–H groups in total. The summed E-state index contributed by atoms with van der Waals surface area (Å²) in [6, 6.07) is 6.93. The quantitative estimate of drug-likeness (QED) is 0.842. The lowest BCUT2D eigenvalue weighted by atomic mass is 10.2. The van der Waals surface area contributed by atoms with E-state index in [1.165, 1.54) is 0 Å². The standard InChI is InChI=1S/C12H11NO5/c1-7-13-11(18-12(14)15)10(17-7)8-3-5-9(16-2)6-4-8/h3-6H,1-2H3,(H,14,15). The first-order chi connectivity index (χ1) is 8.60. The van der Waals surface area contributed by atoms with Gasteiger partial charge in [-0.15, -0.1) is 0 Å². The maximum absolute atomic E-state index is 10.5. The number of rotatable bonds is 3. The van der Waals surface area contributed by atoms with Gasteiger partial charge in [-0.1, -0.05) is 0 Å². The second kappa shape index (κ2) is 4.79. The Hall–Kier alpha value is -2.50. The Kier molecular flexibility index (Phi) is 3.18. The number of ether oxygens (including phenoxy) is 2. The minimum atomic E-state index is -1.43. The Morgan fingerprint density at radius 3 is 2.56 bits per heavy atom. The van der Waals surface area contributed by atoms with Gasteiger partial charge in [0.05, 0.1) is 7.11 Å². The molecule has 2 rings (SSSR count). The van der Waals surface area contributed by atoms with Gasteiger partial charge in [0.2, 0.25) is 0 Å². The van der Waals surface area contributed by atoms with Crippen molar-refractivity contribution in [2.24, 2.45) is 0 Å². The fourth-order valence-electron chi connectivity index (χ4n) is 1.48. The third-order valence-electron chi connectivity index (χ3n) is 2.24. The summed E-state index contributed by atoms with van der Waals surface area (Å²) >= 11 is 0. The SMILES string of the molecule is COc1ccc(-c2oc(C)nc2OC(=O)O)cc1. The number of benzene rings is 1. The largest absolute Gasteiger partial charge is 0.512 e. The Labute approximate surface area is 103 Å². The van der Waals surface area contributed by atoms with Crippen molar-refractivity contribution >= 4 is 6.16 Å². The van der Waals surface area contributed by atoms with Gasteiger partial charge in [-0.2, -0.15) is 4.98 Å². The predicted molar refractivity (Wildman–Crippen MR) is 61.9 cm³/mol. The summed E-state index contributed by atoms with van der Waals surface area (Å²) in [7, 11) is 1.56. The van der Waals surface area contributed by atoms with Gasteiger partial charge >= 0.3 is 6.16 Å². The molecule has 0 spiro atoms. The molecule has 6 heteroatoms. The molecule has 0 saturated heterocycles. The van der Waals surface area contributed by atoms with E-state index in [1.54, 1.807) is 38.3 Å². The molecule has 1 heterocycles. The molecule has 1 aromatic carbocycles. The van der Waals surface area contributed by atoms with Crippen LogP contribution in [0.1, 0.15) is 5.89 Å². The van der Waals surface area contributed by atoms with Crippen molar-refractivity contribution in [3.05, 3.63) is 30.2 Å². The molecule has 6 nitrogen and oxygen atoms in total. The van der Waals surface area contributed by atoms with Crippen molar-refractivity contribution in [3.8, 4) is 23.0 Å². The lowest BCUT2D eigenvalue weighted by Crippen LogP contribution is -2.04. The number of aryl methyl sites for hydroxylation is 1. The first kappa shape index (κ1) is 12.0. The van der Waals surface area contributed by atoms with Crippen LogP contribution in [0.25, 0.3) is 11.3 Å². The molecule has 94 valence electrons. The Morgan fingerprint density at radius 2 is 2.00 bits per heavy atom. The van der Waals surface area contributed by atoms with Gasteiger partial charge in [0, 0.05) is 12.5 Å². The third kappa shape index (κ3) is 2.42. The first-order valence-electron chi connectivity index (χ1n) is 5.13. The van der Waals surface area contributed by atoms with E-state index in [9.17, 15) is 4.79 Å². The van der Waals surface area contributed by atoms with E-state index in [0.29, 0.717) is 17.2 Å². The summed E-state index contributed by atoms with van der Waals surface area (Å²) in [6.45, 7) is 1.61. The van der Waals surface area contributed by atoms with Crippen LogP contribution < -0.4 is 9.47 Å². The maximum atomic E-state index is 10.5. The van der Waals surface area contributed by atoms with E-state index in [0.717, 1.165) is 0 Å². The van der Waals surface area contributed by atoms with Gasteiger partial charge in [0.15, 0.2) is 11.7 Å². The molecule has 0 aliphatic carbocycles. The van der Waals surface area contributed by atoms with E-state index >= 15 is 0 Å². The van der Waals surface area contributed by atoms with Crippen LogP contribution >= 0.6 is 0 Å². The Morgan fingerprint density at radius 1 is 1.33 bits per heavy atom. The van der Waals surface area contributed by atoms with E-state index in [-0.39, 0.29) is 11.6 Å². The Balaban J connectivity index is 2.39. The summed E-state index contributed by atoms with van der Waals surface area (Å²) < 4.78 is 14.9. The fourth-order valence-corrected chi connectivity index (χ4v) is 1.48. The van der Waals surface area contributed by atoms with Crippen LogP contribution in [0.15, 0.2) is 28.7 Å². The van der Waals surface area contributed by atoms with E-state index < -0.39 is 6.16 Å². The molecule has 2 aromatic rings. The minimum absolute atomic E-state index is 0.0647. The zero-order valence-corrected chi connectivity index (χ0v) is 9.84. The average Bonchev–Trinajstić information content (AvgIpc) is 2.69. The molecule has 0 bridgehead atoms. The van der Waals surface area contributed by atoms with Crippen molar-refractivity contribution in [1.82, 2.24) is 4.98 Å². The number of nitrogens with zero attached hydrogens (tertiary/aromatic N) is 1. The van der Waals surface area contributed by atoms with Crippen LogP contribution in [0.3, 0.4) is 0 Å². The lowest BCUT2D eigenvalue weighted by Gasteiger charge is -2.02. The number of oxazole rings is 1. The molecule has 1 aromatic heterocycles. The number of carbonyl (C=O) groups is 1. The molecule has 0 atom stereocenters. The van der Waals surface area contributed by atoms with Gasteiger partial charge in [-0.25, -0.2) is 4.79 Å². The monoisotopic (exact) mass is 249 g/mol. The normalized spacial score (nSPS) is 10.1. The molecule has 0 aliphatic rings. The topological polar surface area (TPSA) is 81.8 Å². The van der Waals surface area contributed by atoms with Crippen molar-refractivity contribution in [1.29, 1.82) is 0 Å². The molecular formula is C12H11NO5. The van der Waals surface area contributed by atoms with Crippen LogP contribution in [0, 0.1) is 6.92 Å². The minimum Gasteiger partial charge on any atom is -0.497 e. The third-order valence-corrected chi connectivity index (χ3v) is 2.24. The van der Waals surface area contributed by atoms with Gasteiger partial charge < -0.3 is 19.0 Å². The summed E-state index contributed by atoms with van der Waals surface area (Å²) in [5.74, 6) is 1.23. The highest BCUT2D eigenvalue weighted by Gasteiger charge is 2.17. The van der Waals surface area contributed by atoms with E-state index in [1.807, 2.05) is 0 Å².